The van der Waals surface area contributed by atoms with E-state index >= 15 is 0 Å². The summed E-state index contributed by atoms with van der Waals surface area (Å²) in [5, 5.41) is 10.9. The number of rotatable bonds is 3. The van der Waals surface area contributed by atoms with E-state index in [1.807, 2.05) is 0 Å². The summed E-state index contributed by atoms with van der Waals surface area (Å²) in [6.45, 7) is 7.25. The van der Waals surface area contributed by atoms with E-state index in [4.69, 9.17) is 50.5 Å². The fourth-order valence-electron chi connectivity index (χ4n) is 8.93. The van der Waals surface area contributed by atoms with E-state index in [9.17, 15) is 5.11 Å². The maximum absolute atomic E-state index is 10.0. The number of hydrogen-bond donors (Lipinski definition) is 5. The van der Waals surface area contributed by atoms with Crippen molar-refractivity contribution in [3.05, 3.63) is 0 Å². The quantitative estimate of drug-likeness (QED) is 0.179. The molecule has 5 heteroatoms. The molecular formula is C29H52OS4. The number of aliphatic hydroxyl groups is 1. The molecule has 4 fully saturated rings. The van der Waals surface area contributed by atoms with Gasteiger partial charge in [-0.15, -0.1) is 0 Å². The van der Waals surface area contributed by atoms with Crippen LogP contribution < -0.4 is 0 Å². The van der Waals surface area contributed by atoms with Crippen molar-refractivity contribution in [2.24, 2.45) is 41.4 Å². The lowest BCUT2D eigenvalue weighted by atomic mass is 9.66. The van der Waals surface area contributed by atoms with Gasteiger partial charge >= 0.3 is 0 Å². The molecule has 0 amide bonds. The molecule has 0 aliphatic heterocycles. The molecule has 34 heavy (non-hydrogen) atoms. The Morgan fingerprint density at radius 1 is 0.588 bits per heavy atom. The molecule has 198 valence electrons. The van der Waals surface area contributed by atoms with Crippen molar-refractivity contribution in [3.63, 3.8) is 0 Å². The van der Waals surface area contributed by atoms with Crippen LogP contribution in [0.1, 0.15) is 111 Å². The van der Waals surface area contributed by atoms with Crippen LogP contribution in [-0.2, 0) is 0 Å². The summed E-state index contributed by atoms with van der Waals surface area (Å²) < 4.78 is 0.340. The van der Waals surface area contributed by atoms with E-state index in [-0.39, 0.29) is 15.6 Å². The van der Waals surface area contributed by atoms with E-state index < -0.39 is 0 Å². The van der Waals surface area contributed by atoms with Gasteiger partial charge in [-0.3, -0.25) is 0 Å². The first-order chi connectivity index (χ1) is 15.9. The summed E-state index contributed by atoms with van der Waals surface area (Å²) >= 11 is 20.5. The highest BCUT2D eigenvalue weighted by atomic mass is 32.1. The van der Waals surface area contributed by atoms with Gasteiger partial charge < -0.3 is 5.11 Å². The highest BCUT2D eigenvalue weighted by Crippen LogP contribution is 2.52. The molecule has 4 aliphatic rings. The normalized spacial score (nSPS) is 53.6. The van der Waals surface area contributed by atoms with Crippen LogP contribution in [0.15, 0.2) is 0 Å². The second kappa shape index (κ2) is 11.6. The monoisotopic (exact) mass is 544 g/mol. The van der Waals surface area contributed by atoms with E-state index in [0.717, 1.165) is 48.9 Å². The van der Waals surface area contributed by atoms with Crippen molar-refractivity contribution >= 4 is 50.5 Å². The van der Waals surface area contributed by atoms with Crippen LogP contribution in [-0.4, -0.2) is 31.2 Å². The van der Waals surface area contributed by atoms with Crippen molar-refractivity contribution < 1.29 is 5.11 Å². The Morgan fingerprint density at radius 2 is 1.03 bits per heavy atom. The van der Waals surface area contributed by atoms with E-state index in [1.54, 1.807) is 0 Å². The number of aliphatic hydroxyl groups excluding tert-OH is 1. The van der Waals surface area contributed by atoms with Crippen molar-refractivity contribution in [2.75, 3.05) is 0 Å². The number of hydrogen-bond acceptors (Lipinski definition) is 5. The zero-order chi connectivity index (χ0) is 24.7. The lowest BCUT2D eigenvalue weighted by Gasteiger charge is -2.45. The zero-order valence-electron chi connectivity index (χ0n) is 21.9. The van der Waals surface area contributed by atoms with Crippen LogP contribution in [0.5, 0.6) is 0 Å². The molecular weight excluding hydrogens is 493 g/mol. The van der Waals surface area contributed by atoms with Crippen LogP contribution in [0.3, 0.4) is 0 Å². The van der Waals surface area contributed by atoms with Gasteiger partial charge in [0.2, 0.25) is 0 Å². The Bertz CT molecular complexity index is 667. The maximum Gasteiger partial charge on any atom is 0.0551 e. The Labute approximate surface area is 232 Å². The molecule has 4 aliphatic carbocycles. The van der Waals surface area contributed by atoms with E-state index in [0.29, 0.717) is 22.3 Å². The third-order valence-electron chi connectivity index (χ3n) is 10.5. The molecule has 0 aromatic carbocycles. The number of thiol groups is 4. The molecule has 4 saturated carbocycles. The largest absolute Gasteiger partial charge is 0.393 e. The maximum atomic E-state index is 10.0. The SMILES string of the molecule is CC1CCC(C2CCC(C3CCC(C4CCC(O)CC4S)C(S)C3)CC(C)(S)C2)CC(C)(S)C1. The summed E-state index contributed by atoms with van der Waals surface area (Å²) in [4.78, 5) is 0. The molecule has 0 aromatic rings. The van der Waals surface area contributed by atoms with Gasteiger partial charge in [0, 0.05) is 20.0 Å². The lowest BCUT2D eigenvalue weighted by Crippen LogP contribution is -2.41. The molecule has 12 atom stereocenters. The van der Waals surface area contributed by atoms with Crippen LogP contribution in [0, 0.1) is 41.4 Å². The van der Waals surface area contributed by atoms with Crippen LogP contribution in [0.25, 0.3) is 0 Å². The van der Waals surface area contributed by atoms with Gasteiger partial charge in [-0.25, -0.2) is 0 Å². The Hall–Kier alpha value is 1.36. The molecule has 12 unspecified atom stereocenters. The standard InChI is InChI=1S/C29H52OS4/c1-18-4-5-21(16-28(2,33)14-18)22-7-6-20(15-29(3,34)17-22)19-8-10-24(26(31)12-19)25-11-9-23(30)13-27(25)32/h18-27,30-34H,4-17H2,1-3H3. The molecule has 1 nitrogen and oxygen atoms in total. The minimum Gasteiger partial charge on any atom is -0.393 e. The predicted octanol–water partition coefficient (Wildman–Crippen LogP) is 8.17. The molecule has 0 aromatic heterocycles. The van der Waals surface area contributed by atoms with Gasteiger partial charge in [0.05, 0.1) is 6.10 Å². The smallest absolute Gasteiger partial charge is 0.0551 e. The minimum atomic E-state index is -0.141. The molecule has 0 spiro atoms. The second-order valence-electron chi connectivity index (χ2n) is 13.9. The molecule has 1 N–H and O–H groups in total. The lowest BCUT2D eigenvalue weighted by molar-refractivity contribution is 0.0781. The summed E-state index contributed by atoms with van der Waals surface area (Å²) in [6.07, 6.45) is 17.4. The van der Waals surface area contributed by atoms with Crippen molar-refractivity contribution in [3.8, 4) is 0 Å². The van der Waals surface area contributed by atoms with Gasteiger partial charge in [0.15, 0.2) is 0 Å². The Balaban J connectivity index is 1.37. The van der Waals surface area contributed by atoms with Crippen molar-refractivity contribution in [1.29, 1.82) is 0 Å². The molecule has 4 rings (SSSR count). The van der Waals surface area contributed by atoms with Gasteiger partial charge in [0.1, 0.15) is 0 Å². The van der Waals surface area contributed by atoms with Gasteiger partial charge in [0.25, 0.3) is 0 Å². The van der Waals surface area contributed by atoms with Gasteiger partial charge in [-0.2, -0.15) is 50.5 Å². The third-order valence-corrected chi connectivity index (χ3v) is 12.4. The van der Waals surface area contributed by atoms with Gasteiger partial charge in [-0.05, 0) is 125 Å². The molecule has 0 saturated heterocycles. The van der Waals surface area contributed by atoms with E-state index in [2.05, 4.69) is 20.8 Å². The molecule has 0 bridgehead atoms. The second-order valence-corrected chi connectivity index (χ2v) is 17.3. The van der Waals surface area contributed by atoms with Crippen LogP contribution in [0.4, 0.5) is 0 Å². The van der Waals surface area contributed by atoms with Gasteiger partial charge in [-0.1, -0.05) is 27.2 Å². The molecule has 0 radical (unpaired) electrons. The first kappa shape index (κ1) is 28.4. The highest BCUT2D eigenvalue weighted by molar-refractivity contribution is 7.82. The summed E-state index contributed by atoms with van der Waals surface area (Å²) in [5.74, 6) is 5.36. The average molecular weight is 545 g/mol. The summed E-state index contributed by atoms with van der Waals surface area (Å²) in [5.41, 5.74) is 0. The first-order valence-corrected chi connectivity index (χ1v) is 16.3. The summed E-state index contributed by atoms with van der Waals surface area (Å²) in [6, 6.07) is 0. The average Bonchev–Trinajstić information content (AvgIpc) is 2.98. The van der Waals surface area contributed by atoms with Crippen molar-refractivity contribution in [2.45, 2.75) is 137 Å². The van der Waals surface area contributed by atoms with Crippen LogP contribution >= 0.6 is 50.5 Å². The summed E-state index contributed by atoms with van der Waals surface area (Å²) in [7, 11) is 0. The molecule has 0 heterocycles. The first-order valence-electron chi connectivity index (χ1n) is 14.4. The fourth-order valence-corrected chi connectivity index (χ4v) is 11.2. The van der Waals surface area contributed by atoms with Crippen molar-refractivity contribution in [1.82, 2.24) is 0 Å². The third kappa shape index (κ3) is 7.26. The fraction of sp³-hybridized carbons (Fsp3) is 1.00. The predicted molar refractivity (Wildman–Crippen MR) is 161 cm³/mol. The van der Waals surface area contributed by atoms with Crippen LogP contribution in [0.2, 0.25) is 0 Å². The topological polar surface area (TPSA) is 20.2 Å². The van der Waals surface area contributed by atoms with E-state index in [1.165, 1.54) is 70.6 Å². The zero-order valence-corrected chi connectivity index (χ0v) is 25.5. The Morgan fingerprint density at radius 3 is 1.59 bits per heavy atom. The Kier molecular flexibility index (Phi) is 9.70. The minimum absolute atomic E-state index is 0.141. The highest BCUT2D eigenvalue weighted by Gasteiger charge is 2.44.